The molecule has 20 heavy (non-hydrogen) atoms. The van der Waals surface area contributed by atoms with Gasteiger partial charge in [-0.3, -0.25) is 4.79 Å². The third-order valence-electron chi connectivity index (χ3n) is 3.96. The highest BCUT2D eigenvalue weighted by Gasteiger charge is 2.39. The molecule has 4 heteroatoms. The van der Waals surface area contributed by atoms with Crippen molar-refractivity contribution < 1.29 is 14.3 Å². The number of fused-ring (bicyclic) bond motifs is 1. The van der Waals surface area contributed by atoms with Crippen molar-refractivity contribution in [3.8, 4) is 0 Å². The van der Waals surface area contributed by atoms with Gasteiger partial charge < -0.3 is 10.1 Å². The Bertz CT molecular complexity index is 526. The molecule has 2 atom stereocenters. The smallest absolute Gasteiger partial charge is 0.331 e. The van der Waals surface area contributed by atoms with E-state index in [9.17, 15) is 9.59 Å². The molecule has 4 nitrogen and oxygen atoms in total. The quantitative estimate of drug-likeness (QED) is 0.838. The number of hydrogen-bond acceptors (Lipinski definition) is 3. The normalized spacial score (nSPS) is 19.2. The monoisotopic (exact) mass is 275 g/mol. The van der Waals surface area contributed by atoms with Gasteiger partial charge in [-0.2, -0.15) is 0 Å². The largest absolute Gasteiger partial charge is 0.467 e. The molecule has 0 aromatic heterocycles. The van der Waals surface area contributed by atoms with E-state index in [0.717, 1.165) is 18.4 Å². The first-order chi connectivity index (χ1) is 9.51. The molecule has 2 unspecified atom stereocenters. The number of nitrogens with one attached hydrogen (secondary N) is 1. The Morgan fingerprint density at radius 1 is 1.40 bits per heavy atom. The van der Waals surface area contributed by atoms with Crippen LogP contribution in [-0.2, 0) is 20.7 Å². The molecule has 0 radical (unpaired) electrons. The summed E-state index contributed by atoms with van der Waals surface area (Å²) in [7, 11) is 1.35. The average Bonchev–Trinajstić information content (AvgIpc) is 2.39. The summed E-state index contributed by atoms with van der Waals surface area (Å²) in [5, 5.41) is 2.87. The van der Waals surface area contributed by atoms with E-state index in [0.29, 0.717) is 6.42 Å². The summed E-state index contributed by atoms with van der Waals surface area (Å²) in [6, 6.07) is 7.91. The minimum absolute atomic E-state index is 0.0925. The number of ether oxygens (including phenoxy) is 1. The second-order valence-electron chi connectivity index (χ2n) is 5.52. The zero-order valence-electron chi connectivity index (χ0n) is 12.2. The van der Waals surface area contributed by atoms with E-state index in [1.54, 1.807) is 6.92 Å². The zero-order chi connectivity index (χ0) is 14.8. The Morgan fingerprint density at radius 3 is 2.70 bits per heavy atom. The topological polar surface area (TPSA) is 55.4 Å². The standard InChI is InChI=1S/C16H21NO3/c1-4-9-16(2,15(19)20-3)17-14(18)13-10-11-7-5-6-8-12(11)13/h5-8,13H,4,9-10H2,1-3H3,(H,17,18). The molecule has 0 saturated carbocycles. The molecular formula is C16H21NO3. The van der Waals surface area contributed by atoms with Crippen molar-refractivity contribution in [2.75, 3.05) is 7.11 Å². The van der Waals surface area contributed by atoms with Gasteiger partial charge in [-0.15, -0.1) is 0 Å². The summed E-state index contributed by atoms with van der Waals surface area (Å²) in [6.45, 7) is 3.71. The molecule has 2 rings (SSSR count). The molecule has 0 fully saturated rings. The van der Waals surface area contributed by atoms with Crippen LogP contribution in [0.2, 0.25) is 0 Å². The molecule has 0 heterocycles. The summed E-state index contributed by atoms with van der Waals surface area (Å²) < 4.78 is 4.82. The van der Waals surface area contributed by atoms with Gasteiger partial charge in [0.2, 0.25) is 5.91 Å². The first-order valence-corrected chi connectivity index (χ1v) is 7.00. The van der Waals surface area contributed by atoms with Crippen LogP contribution in [-0.4, -0.2) is 24.5 Å². The van der Waals surface area contributed by atoms with E-state index in [-0.39, 0.29) is 17.8 Å². The van der Waals surface area contributed by atoms with Crippen LogP contribution in [0.4, 0.5) is 0 Å². The molecule has 1 amide bonds. The molecule has 0 spiro atoms. The highest BCUT2D eigenvalue weighted by molar-refractivity contribution is 5.92. The Kier molecular flexibility index (Phi) is 4.12. The molecule has 1 aliphatic carbocycles. The van der Waals surface area contributed by atoms with Crippen molar-refractivity contribution in [1.29, 1.82) is 0 Å². The van der Waals surface area contributed by atoms with Gasteiger partial charge in [-0.1, -0.05) is 37.6 Å². The summed E-state index contributed by atoms with van der Waals surface area (Å²) in [5.41, 5.74) is 1.34. The van der Waals surface area contributed by atoms with E-state index < -0.39 is 5.54 Å². The van der Waals surface area contributed by atoms with E-state index in [1.165, 1.54) is 12.7 Å². The number of carbonyl (C=O) groups excluding carboxylic acids is 2. The molecule has 1 aliphatic rings. The van der Waals surface area contributed by atoms with Crippen LogP contribution in [0, 0.1) is 0 Å². The molecule has 1 aromatic rings. The van der Waals surface area contributed by atoms with Crippen LogP contribution in [0.3, 0.4) is 0 Å². The van der Waals surface area contributed by atoms with Crippen molar-refractivity contribution in [2.24, 2.45) is 0 Å². The van der Waals surface area contributed by atoms with E-state index in [1.807, 2.05) is 31.2 Å². The van der Waals surface area contributed by atoms with Crippen LogP contribution in [0.25, 0.3) is 0 Å². The van der Waals surface area contributed by atoms with Crippen LogP contribution in [0.1, 0.15) is 43.7 Å². The van der Waals surface area contributed by atoms with Crippen molar-refractivity contribution in [3.05, 3.63) is 35.4 Å². The number of esters is 1. The van der Waals surface area contributed by atoms with Crippen LogP contribution < -0.4 is 5.32 Å². The number of carbonyl (C=O) groups is 2. The highest BCUT2D eigenvalue weighted by Crippen LogP contribution is 2.35. The van der Waals surface area contributed by atoms with E-state index in [4.69, 9.17) is 4.74 Å². The molecule has 1 N–H and O–H groups in total. The lowest BCUT2D eigenvalue weighted by Crippen LogP contribution is -2.54. The second kappa shape index (κ2) is 5.65. The SMILES string of the molecule is CCCC(C)(NC(=O)C1Cc2ccccc21)C(=O)OC. The van der Waals surface area contributed by atoms with Gasteiger partial charge in [-0.25, -0.2) is 4.79 Å². The van der Waals surface area contributed by atoms with Crippen molar-refractivity contribution in [3.63, 3.8) is 0 Å². The van der Waals surface area contributed by atoms with Crippen molar-refractivity contribution >= 4 is 11.9 Å². The van der Waals surface area contributed by atoms with Gasteiger partial charge in [0.25, 0.3) is 0 Å². The van der Waals surface area contributed by atoms with Crippen LogP contribution in [0.15, 0.2) is 24.3 Å². The van der Waals surface area contributed by atoms with Gasteiger partial charge >= 0.3 is 5.97 Å². The molecule has 1 aromatic carbocycles. The number of methoxy groups -OCH3 is 1. The van der Waals surface area contributed by atoms with Gasteiger partial charge in [0, 0.05) is 0 Å². The number of rotatable bonds is 5. The lowest BCUT2D eigenvalue weighted by Gasteiger charge is -2.34. The minimum Gasteiger partial charge on any atom is -0.467 e. The molecule has 108 valence electrons. The second-order valence-corrected chi connectivity index (χ2v) is 5.52. The first kappa shape index (κ1) is 14.6. The fraction of sp³-hybridized carbons (Fsp3) is 0.500. The number of hydrogen-bond donors (Lipinski definition) is 1. The maximum absolute atomic E-state index is 12.4. The zero-order valence-corrected chi connectivity index (χ0v) is 12.2. The maximum Gasteiger partial charge on any atom is 0.331 e. The third-order valence-corrected chi connectivity index (χ3v) is 3.96. The van der Waals surface area contributed by atoms with Crippen LogP contribution >= 0.6 is 0 Å². The third kappa shape index (κ3) is 2.55. The lowest BCUT2D eigenvalue weighted by molar-refractivity contribution is -0.150. The van der Waals surface area contributed by atoms with E-state index >= 15 is 0 Å². The summed E-state index contributed by atoms with van der Waals surface area (Å²) in [6.07, 6.45) is 2.11. The minimum atomic E-state index is -0.939. The predicted octanol–water partition coefficient (Wildman–Crippen LogP) is 2.17. The predicted molar refractivity (Wildman–Crippen MR) is 76.4 cm³/mol. The molecule has 0 bridgehead atoms. The lowest BCUT2D eigenvalue weighted by atomic mass is 9.76. The Balaban J connectivity index is 2.09. The summed E-state index contributed by atoms with van der Waals surface area (Å²) in [4.78, 5) is 24.3. The van der Waals surface area contributed by atoms with Gasteiger partial charge in [-0.05, 0) is 30.9 Å². The Morgan fingerprint density at radius 2 is 2.10 bits per heavy atom. The highest BCUT2D eigenvalue weighted by atomic mass is 16.5. The Hall–Kier alpha value is -1.84. The number of benzene rings is 1. The molecular weight excluding hydrogens is 254 g/mol. The Labute approximate surface area is 119 Å². The summed E-state index contributed by atoms with van der Waals surface area (Å²) >= 11 is 0. The van der Waals surface area contributed by atoms with Gasteiger partial charge in [0.05, 0.1) is 13.0 Å². The molecule has 0 saturated heterocycles. The fourth-order valence-corrected chi connectivity index (χ4v) is 2.79. The van der Waals surface area contributed by atoms with Gasteiger partial charge in [0.1, 0.15) is 5.54 Å². The fourth-order valence-electron chi connectivity index (χ4n) is 2.79. The molecule has 0 aliphatic heterocycles. The average molecular weight is 275 g/mol. The van der Waals surface area contributed by atoms with Crippen molar-refractivity contribution in [1.82, 2.24) is 5.32 Å². The van der Waals surface area contributed by atoms with Crippen molar-refractivity contribution in [2.45, 2.75) is 44.6 Å². The number of amides is 1. The van der Waals surface area contributed by atoms with Gasteiger partial charge in [0.15, 0.2) is 0 Å². The summed E-state index contributed by atoms with van der Waals surface area (Å²) in [5.74, 6) is -0.627. The first-order valence-electron chi connectivity index (χ1n) is 7.00. The van der Waals surface area contributed by atoms with Crippen LogP contribution in [0.5, 0.6) is 0 Å². The van der Waals surface area contributed by atoms with E-state index in [2.05, 4.69) is 5.32 Å². The maximum atomic E-state index is 12.4.